The largest absolute Gasteiger partial charge is 0.478 e. The van der Waals surface area contributed by atoms with Crippen LogP contribution in [0.3, 0.4) is 0 Å². The first-order valence-electron chi connectivity index (χ1n) is 4.78. The van der Waals surface area contributed by atoms with E-state index in [0.717, 1.165) is 5.56 Å². The van der Waals surface area contributed by atoms with E-state index >= 15 is 0 Å². The zero-order chi connectivity index (χ0) is 11.7. The van der Waals surface area contributed by atoms with Crippen LogP contribution in [-0.4, -0.2) is 26.1 Å². The third-order valence-electron chi connectivity index (χ3n) is 2.40. The predicted molar refractivity (Wildman–Crippen MR) is 58.1 cm³/mol. The molecule has 0 aliphatic carbocycles. The molecule has 0 radical (unpaired) electrons. The molecule has 0 unspecified atom stereocenters. The molecule has 0 amide bonds. The number of hydrogen-bond acceptors (Lipinski definition) is 3. The van der Waals surface area contributed by atoms with Gasteiger partial charge in [-0.1, -0.05) is 16.8 Å². The molecule has 5 heteroatoms. The second-order valence-electron chi connectivity index (χ2n) is 3.60. The molecule has 0 aliphatic heterocycles. The van der Waals surface area contributed by atoms with Crippen molar-refractivity contribution < 1.29 is 9.90 Å². The summed E-state index contributed by atoms with van der Waals surface area (Å²) >= 11 is 0. The number of aromatic nitrogens is 3. The SMILES string of the molecule is Cc1ccc(C(=O)O)c(-c2cnnn2C)c1. The van der Waals surface area contributed by atoms with Gasteiger partial charge < -0.3 is 5.11 Å². The average Bonchev–Trinajstić information content (AvgIpc) is 2.63. The van der Waals surface area contributed by atoms with Gasteiger partial charge in [0, 0.05) is 12.6 Å². The van der Waals surface area contributed by atoms with Crippen LogP contribution in [-0.2, 0) is 7.05 Å². The number of carboxylic acid groups (broad SMARTS) is 1. The monoisotopic (exact) mass is 217 g/mol. The van der Waals surface area contributed by atoms with Gasteiger partial charge in [0.1, 0.15) is 0 Å². The van der Waals surface area contributed by atoms with Gasteiger partial charge in [0.05, 0.1) is 17.5 Å². The van der Waals surface area contributed by atoms with Crippen molar-refractivity contribution in [1.29, 1.82) is 0 Å². The van der Waals surface area contributed by atoms with E-state index in [9.17, 15) is 4.79 Å². The minimum atomic E-state index is -0.948. The maximum atomic E-state index is 11.1. The van der Waals surface area contributed by atoms with Crippen LogP contribution in [0.15, 0.2) is 24.4 Å². The van der Waals surface area contributed by atoms with Crippen molar-refractivity contribution >= 4 is 5.97 Å². The van der Waals surface area contributed by atoms with Crippen LogP contribution in [0.25, 0.3) is 11.3 Å². The number of carboxylic acids is 1. The van der Waals surface area contributed by atoms with Gasteiger partial charge in [-0.3, -0.25) is 0 Å². The lowest BCUT2D eigenvalue weighted by Crippen LogP contribution is -2.02. The summed E-state index contributed by atoms with van der Waals surface area (Å²) in [5.41, 5.74) is 2.60. The first-order chi connectivity index (χ1) is 7.59. The number of nitrogens with zero attached hydrogens (tertiary/aromatic N) is 3. The second kappa shape index (κ2) is 3.77. The zero-order valence-electron chi connectivity index (χ0n) is 9.01. The Bertz CT molecular complexity index is 546. The van der Waals surface area contributed by atoms with Crippen LogP contribution in [0.5, 0.6) is 0 Å². The molecule has 16 heavy (non-hydrogen) atoms. The standard InChI is InChI=1S/C11H11N3O2/c1-7-3-4-8(11(15)16)9(5-7)10-6-12-13-14(10)2/h3-6H,1-2H3,(H,15,16). The number of benzene rings is 1. The van der Waals surface area contributed by atoms with E-state index in [2.05, 4.69) is 10.3 Å². The van der Waals surface area contributed by atoms with Gasteiger partial charge in [-0.25, -0.2) is 9.48 Å². The molecule has 0 fully saturated rings. The first-order valence-corrected chi connectivity index (χ1v) is 4.78. The lowest BCUT2D eigenvalue weighted by molar-refractivity contribution is 0.0697. The van der Waals surface area contributed by atoms with Gasteiger partial charge >= 0.3 is 5.97 Å². The van der Waals surface area contributed by atoms with E-state index in [4.69, 9.17) is 5.11 Å². The quantitative estimate of drug-likeness (QED) is 0.827. The smallest absolute Gasteiger partial charge is 0.336 e. The van der Waals surface area contributed by atoms with Crippen LogP contribution in [0.2, 0.25) is 0 Å². The molecule has 5 nitrogen and oxygen atoms in total. The third kappa shape index (κ3) is 1.67. The summed E-state index contributed by atoms with van der Waals surface area (Å²) in [4.78, 5) is 11.1. The highest BCUT2D eigenvalue weighted by Gasteiger charge is 2.14. The zero-order valence-corrected chi connectivity index (χ0v) is 9.01. The minimum absolute atomic E-state index is 0.260. The maximum absolute atomic E-state index is 11.1. The van der Waals surface area contributed by atoms with Gasteiger partial charge in [0.25, 0.3) is 0 Å². The fourth-order valence-electron chi connectivity index (χ4n) is 1.59. The molecule has 2 rings (SSSR count). The Morgan fingerprint density at radius 3 is 2.75 bits per heavy atom. The van der Waals surface area contributed by atoms with E-state index in [-0.39, 0.29) is 5.56 Å². The Morgan fingerprint density at radius 2 is 2.19 bits per heavy atom. The first kappa shape index (κ1) is 10.4. The van der Waals surface area contributed by atoms with E-state index in [1.165, 1.54) is 0 Å². The van der Waals surface area contributed by atoms with Gasteiger partial charge in [0.15, 0.2) is 0 Å². The Balaban J connectivity index is 2.67. The van der Waals surface area contributed by atoms with Crippen molar-refractivity contribution in [2.24, 2.45) is 7.05 Å². The van der Waals surface area contributed by atoms with E-state index in [0.29, 0.717) is 11.3 Å². The molecular formula is C11H11N3O2. The van der Waals surface area contributed by atoms with E-state index in [1.54, 1.807) is 30.1 Å². The Morgan fingerprint density at radius 1 is 1.44 bits per heavy atom. The molecule has 0 saturated carbocycles. The molecule has 0 aliphatic rings. The molecule has 1 aromatic heterocycles. The molecule has 0 spiro atoms. The summed E-state index contributed by atoms with van der Waals surface area (Å²) < 4.78 is 1.56. The van der Waals surface area contributed by atoms with Crippen molar-refractivity contribution in [2.45, 2.75) is 6.92 Å². The third-order valence-corrected chi connectivity index (χ3v) is 2.40. The summed E-state index contributed by atoms with van der Waals surface area (Å²) in [5, 5.41) is 16.6. The van der Waals surface area contributed by atoms with Crippen LogP contribution < -0.4 is 0 Å². The lowest BCUT2D eigenvalue weighted by atomic mass is 10.0. The minimum Gasteiger partial charge on any atom is -0.478 e. The highest BCUT2D eigenvalue weighted by Crippen LogP contribution is 2.23. The molecular weight excluding hydrogens is 206 g/mol. The summed E-state index contributed by atoms with van der Waals surface area (Å²) in [6.07, 6.45) is 1.56. The molecule has 82 valence electrons. The summed E-state index contributed by atoms with van der Waals surface area (Å²) in [6.45, 7) is 1.92. The van der Waals surface area contributed by atoms with Gasteiger partial charge in [-0.15, -0.1) is 5.10 Å². The second-order valence-corrected chi connectivity index (χ2v) is 3.60. The Kier molecular flexibility index (Phi) is 2.44. The summed E-state index contributed by atoms with van der Waals surface area (Å²) in [7, 11) is 1.73. The molecule has 0 saturated heterocycles. The van der Waals surface area contributed by atoms with Crippen molar-refractivity contribution in [3.8, 4) is 11.3 Å². The van der Waals surface area contributed by atoms with Crippen LogP contribution in [0.1, 0.15) is 15.9 Å². The lowest BCUT2D eigenvalue weighted by Gasteiger charge is -2.06. The van der Waals surface area contributed by atoms with Crippen molar-refractivity contribution in [2.75, 3.05) is 0 Å². The number of carbonyl (C=O) groups is 1. The van der Waals surface area contributed by atoms with Gasteiger partial charge in [-0.2, -0.15) is 0 Å². The Hall–Kier alpha value is -2.17. The molecule has 0 bridgehead atoms. The van der Waals surface area contributed by atoms with E-state index in [1.807, 2.05) is 13.0 Å². The molecule has 0 atom stereocenters. The highest BCUT2D eigenvalue weighted by molar-refractivity contribution is 5.95. The number of aryl methyl sites for hydroxylation is 2. The number of hydrogen-bond donors (Lipinski definition) is 1. The summed E-state index contributed by atoms with van der Waals surface area (Å²) in [6, 6.07) is 5.19. The fourth-order valence-corrected chi connectivity index (χ4v) is 1.59. The van der Waals surface area contributed by atoms with Gasteiger partial charge in [-0.05, 0) is 19.1 Å². The highest BCUT2D eigenvalue weighted by atomic mass is 16.4. The normalized spacial score (nSPS) is 10.4. The molecule has 1 N–H and O–H groups in total. The molecule has 2 aromatic rings. The number of aromatic carboxylic acids is 1. The van der Waals surface area contributed by atoms with Crippen molar-refractivity contribution in [3.05, 3.63) is 35.5 Å². The average molecular weight is 217 g/mol. The van der Waals surface area contributed by atoms with Crippen LogP contribution in [0.4, 0.5) is 0 Å². The van der Waals surface area contributed by atoms with Crippen LogP contribution >= 0.6 is 0 Å². The Labute approximate surface area is 92.3 Å². The van der Waals surface area contributed by atoms with Crippen molar-refractivity contribution in [1.82, 2.24) is 15.0 Å². The van der Waals surface area contributed by atoms with Gasteiger partial charge in [0.2, 0.25) is 0 Å². The fraction of sp³-hybridized carbons (Fsp3) is 0.182. The topological polar surface area (TPSA) is 68.0 Å². The molecule has 1 aromatic carbocycles. The summed E-state index contributed by atoms with van der Waals surface area (Å²) in [5.74, 6) is -0.948. The van der Waals surface area contributed by atoms with Crippen molar-refractivity contribution in [3.63, 3.8) is 0 Å². The maximum Gasteiger partial charge on any atom is 0.336 e. The van der Waals surface area contributed by atoms with E-state index < -0.39 is 5.97 Å². The molecule has 1 heterocycles. The number of rotatable bonds is 2. The predicted octanol–water partition coefficient (Wildman–Crippen LogP) is 1.49. The van der Waals surface area contributed by atoms with Crippen LogP contribution in [0, 0.1) is 6.92 Å².